The summed E-state index contributed by atoms with van der Waals surface area (Å²) in [5.41, 5.74) is 0.909. The molecule has 0 saturated carbocycles. The molecule has 2 amide bonds. The Hall–Kier alpha value is -3.86. The van der Waals surface area contributed by atoms with E-state index in [4.69, 9.17) is 9.47 Å². The molecule has 3 aromatic carbocycles. The van der Waals surface area contributed by atoms with Crippen molar-refractivity contribution in [2.75, 3.05) is 31.2 Å². The van der Waals surface area contributed by atoms with E-state index in [0.717, 1.165) is 4.90 Å². The van der Waals surface area contributed by atoms with Crippen molar-refractivity contribution in [3.63, 3.8) is 0 Å². The lowest BCUT2D eigenvalue weighted by Crippen LogP contribution is -2.40. The molecule has 0 radical (unpaired) electrons. The van der Waals surface area contributed by atoms with Crippen LogP contribution in [0.4, 0.5) is 5.69 Å². The number of hydrogen-bond acceptors (Lipinski definition) is 7. The van der Waals surface area contributed by atoms with Crippen LogP contribution in [0.5, 0.6) is 5.75 Å². The summed E-state index contributed by atoms with van der Waals surface area (Å²) in [6.45, 7) is 1.10. The first kappa shape index (κ1) is 22.9. The van der Waals surface area contributed by atoms with Gasteiger partial charge in [0.2, 0.25) is 10.0 Å². The highest BCUT2D eigenvalue weighted by Gasteiger charge is 2.36. The Morgan fingerprint density at radius 2 is 1.49 bits per heavy atom. The van der Waals surface area contributed by atoms with Gasteiger partial charge < -0.3 is 9.47 Å². The van der Waals surface area contributed by atoms with Gasteiger partial charge in [-0.1, -0.05) is 24.3 Å². The molecule has 0 unspecified atom stereocenters. The number of rotatable bonds is 5. The summed E-state index contributed by atoms with van der Waals surface area (Å²) < 4.78 is 37.8. The Bertz CT molecular complexity index is 1410. The Kier molecular flexibility index (Phi) is 5.93. The second kappa shape index (κ2) is 9.06. The van der Waals surface area contributed by atoms with Crippen LogP contribution in [0, 0.1) is 0 Å². The molecule has 0 N–H and O–H groups in total. The fraction of sp³-hybridized carbons (Fsp3) is 0.160. The molecule has 3 aromatic rings. The summed E-state index contributed by atoms with van der Waals surface area (Å²) in [5.74, 6) is -1.60. The summed E-state index contributed by atoms with van der Waals surface area (Å²) >= 11 is 0. The second-order valence-corrected chi connectivity index (χ2v) is 9.86. The maximum absolute atomic E-state index is 12.9. The summed E-state index contributed by atoms with van der Waals surface area (Å²) in [6, 6.07) is 18.2. The third kappa shape index (κ3) is 4.23. The van der Waals surface area contributed by atoms with Gasteiger partial charge in [-0.3, -0.25) is 9.59 Å². The molecule has 1 fully saturated rings. The summed E-state index contributed by atoms with van der Waals surface area (Å²) in [5, 5.41) is 0. The van der Waals surface area contributed by atoms with Gasteiger partial charge >= 0.3 is 5.97 Å². The van der Waals surface area contributed by atoms with Crippen molar-refractivity contribution in [1.29, 1.82) is 0 Å². The lowest BCUT2D eigenvalue weighted by atomic mass is 10.1. The molecule has 0 aromatic heterocycles. The quantitative estimate of drug-likeness (QED) is 0.306. The van der Waals surface area contributed by atoms with Crippen molar-refractivity contribution in [2.24, 2.45) is 0 Å². The first-order valence-electron chi connectivity index (χ1n) is 10.8. The van der Waals surface area contributed by atoms with E-state index in [1.807, 2.05) is 0 Å². The van der Waals surface area contributed by atoms with E-state index in [2.05, 4.69) is 0 Å². The number of carbonyl (C=O) groups is 3. The van der Waals surface area contributed by atoms with Gasteiger partial charge in [-0.15, -0.1) is 0 Å². The van der Waals surface area contributed by atoms with Gasteiger partial charge in [-0.25, -0.2) is 18.1 Å². The number of nitrogens with zero attached hydrogens (tertiary/aromatic N) is 2. The zero-order valence-corrected chi connectivity index (χ0v) is 19.2. The van der Waals surface area contributed by atoms with Crippen LogP contribution < -0.4 is 9.64 Å². The van der Waals surface area contributed by atoms with Crippen molar-refractivity contribution in [3.05, 3.63) is 89.5 Å². The zero-order chi connectivity index (χ0) is 24.6. The first-order chi connectivity index (χ1) is 16.9. The number of hydrogen-bond donors (Lipinski definition) is 0. The average Bonchev–Trinajstić information content (AvgIpc) is 3.14. The Morgan fingerprint density at radius 1 is 0.829 bits per heavy atom. The van der Waals surface area contributed by atoms with Crippen LogP contribution in [0.15, 0.2) is 77.7 Å². The van der Waals surface area contributed by atoms with E-state index in [1.54, 1.807) is 36.4 Å². The summed E-state index contributed by atoms with van der Waals surface area (Å²) in [7, 11) is -3.78. The van der Waals surface area contributed by atoms with E-state index in [1.165, 1.54) is 40.7 Å². The molecule has 0 aliphatic carbocycles. The number of ether oxygens (including phenoxy) is 2. The van der Waals surface area contributed by atoms with Gasteiger partial charge in [0.15, 0.2) is 0 Å². The standard InChI is InChI=1S/C25H20N2O7S/c28-23-21-9-1-2-10-22(21)24(29)27(23)18-6-4-7-19(16-18)34-25(30)17-5-3-8-20(15-17)35(31,32)26-11-13-33-14-12-26/h1-10,15-16H,11-14H2. The number of amides is 2. The van der Waals surface area contributed by atoms with Crippen molar-refractivity contribution in [2.45, 2.75) is 4.90 Å². The molecule has 2 heterocycles. The maximum Gasteiger partial charge on any atom is 0.343 e. The Balaban J connectivity index is 1.36. The highest BCUT2D eigenvalue weighted by Crippen LogP contribution is 2.30. The van der Waals surface area contributed by atoms with Crippen molar-refractivity contribution in [3.8, 4) is 5.75 Å². The third-order valence-electron chi connectivity index (χ3n) is 5.76. The molecule has 2 aliphatic heterocycles. The minimum absolute atomic E-state index is 0.0198. The van der Waals surface area contributed by atoms with Crippen LogP contribution in [0.1, 0.15) is 31.1 Å². The van der Waals surface area contributed by atoms with Crippen LogP contribution in [0.25, 0.3) is 0 Å². The number of morpholine rings is 1. The molecular formula is C25H20N2O7S. The number of carbonyl (C=O) groups excluding carboxylic acids is 3. The minimum Gasteiger partial charge on any atom is -0.423 e. The predicted molar refractivity (Wildman–Crippen MR) is 125 cm³/mol. The molecular weight excluding hydrogens is 472 g/mol. The molecule has 2 aliphatic rings. The van der Waals surface area contributed by atoms with E-state index < -0.39 is 27.8 Å². The van der Waals surface area contributed by atoms with Gasteiger partial charge in [-0.2, -0.15) is 4.31 Å². The minimum atomic E-state index is -3.78. The molecule has 10 heteroatoms. The number of anilines is 1. The largest absolute Gasteiger partial charge is 0.423 e. The molecule has 0 spiro atoms. The first-order valence-corrected chi connectivity index (χ1v) is 12.3. The highest BCUT2D eigenvalue weighted by molar-refractivity contribution is 7.89. The normalized spacial score (nSPS) is 16.3. The monoisotopic (exact) mass is 492 g/mol. The van der Waals surface area contributed by atoms with Crippen LogP contribution in [-0.2, 0) is 14.8 Å². The lowest BCUT2D eigenvalue weighted by molar-refractivity contribution is 0.0727. The highest BCUT2D eigenvalue weighted by atomic mass is 32.2. The predicted octanol–water partition coefficient (Wildman–Crippen LogP) is 2.73. The number of esters is 1. The van der Waals surface area contributed by atoms with Gasteiger partial charge in [-0.05, 0) is 42.5 Å². The molecule has 178 valence electrons. The van der Waals surface area contributed by atoms with Gasteiger partial charge in [0.1, 0.15) is 5.75 Å². The van der Waals surface area contributed by atoms with Crippen LogP contribution >= 0.6 is 0 Å². The van der Waals surface area contributed by atoms with Crippen molar-refractivity contribution in [1.82, 2.24) is 4.31 Å². The third-order valence-corrected chi connectivity index (χ3v) is 7.65. The smallest absolute Gasteiger partial charge is 0.343 e. The fourth-order valence-corrected chi connectivity index (χ4v) is 5.45. The Morgan fingerprint density at radius 3 is 2.17 bits per heavy atom. The van der Waals surface area contributed by atoms with E-state index in [-0.39, 0.29) is 35.0 Å². The van der Waals surface area contributed by atoms with Crippen molar-refractivity contribution >= 4 is 33.5 Å². The fourth-order valence-electron chi connectivity index (χ4n) is 4.00. The Labute approximate surface area is 201 Å². The van der Waals surface area contributed by atoms with E-state index in [0.29, 0.717) is 24.3 Å². The average molecular weight is 493 g/mol. The molecule has 5 rings (SSSR count). The van der Waals surface area contributed by atoms with Gasteiger partial charge in [0.05, 0.1) is 40.5 Å². The zero-order valence-electron chi connectivity index (χ0n) is 18.4. The van der Waals surface area contributed by atoms with Crippen molar-refractivity contribution < 1.29 is 32.3 Å². The number of imide groups is 1. The molecule has 1 saturated heterocycles. The van der Waals surface area contributed by atoms with E-state index in [9.17, 15) is 22.8 Å². The topological polar surface area (TPSA) is 110 Å². The second-order valence-electron chi connectivity index (χ2n) is 7.92. The number of benzene rings is 3. The van der Waals surface area contributed by atoms with Crippen LogP contribution in [0.2, 0.25) is 0 Å². The molecule has 0 atom stereocenters. The van der Waals surface area contributed by atoms with Gasteiger partial charge in [0.25, 0.3) is 11.8 Å². The van der Waals surface area contributed by atoms with E-state index >= 15 is 0 Å². The summed E-state index contributed by atoms with van der Waals surface area (Å²) in [6.07, 6.45) is 0. The summed E-state index contributed by atoms with van der Waals surface area (Å²) in [4.78, 5) is 39.3. The van der Waals surface area contributed by atoms with Gasteiger partial charge in [0, 0.05) is 19.2 Å². The van der Waals surface area contributed by atoms with Crippen LogP contribution in [-0.4, -0.2) is 56.8 Å². The molecule has 35 heavy (non-hydrogen) atoms. The maximum atomic E-state index is 12.9. The number of fused-ring (bicyclic) bond motifs is 1. The molecule has 0 bridgehead atoms. The lowest BCUT2D eigenvalue weighted by Gasteiger charge is -2.26. The number of sulfonamides is 1. The SMILES string of the molecule is O=C(Oc1cccc(N2C(=O)c3ccccc3C2=O)c1)c1cccc(S(=O)(=O)N2CCOCC2)c1. The molecule has 9 nitrogen and oxygen atoms in total. The van der Waals surface area contributed by atoms with Crippen LogP contribution in [0.3, 0.4) is 0 Å².